The summed E-state index contributed by atoms with van der Waals surface area (Å²) in [4.78, 5) is 16.0. The molecule has 1 aliphatic rings. The fourth-order valence-electron chi connectivity index (χ4n) is 3.49. The van der Waals surface area contributed by atoms with Crippen molar-refractivity contribution in [1.29, 1.82) is 0 Å². The summed E-state index contributed by atoms with van der Waals surface area (Å²) in [6.45, 7) is 1.51. The zero-order valence-electron chi connectivity index (χ0n) is 18.1. The Labute approximate surface area is 184 Å². The first-order valence-corrected chi connectivity index (χ1v) is 11.8. The second kappa shape index (κ2) is 11.3. The topological polar surface area (TPSA) is 79.4 Å². The van der Waals surface area contributed by atoms with E-state index >= 15 is 0 Å². The molecule has 1 heterocycles. The lowest BCUT2D eigenvalue weighted by molar-refractivity contribution is 0.0433. The number of likely N-dealkylation sites (N-methyl/N-ethyl adjacent to an activating group) is 2. The Morgan fingerprint density at radius 1 is 1.10 bits per heavy atom. The molecule has 0 radical (unpaired) electrons. The molecule has 0 bridgehead atoms. The largest absolute Gasteiger partial charge is 0.448 e. The number of carbonyl (C=O) groups excluding carboxylic acids is 1. The van der Waals surface area contributed by atoms with Crippen LogP contribution in [-0.2, 0) is 19.5 Å². The van der Waals surface area contributed by atoms with E-state index in [-0.39, 0.29) is 24.2 Å². The standard InChI is InChI=1S/C20H32ClN3O5S/c1-22(2)12-13-23(3)20(25)29-15-18-7-5-6-17(14-28-4)24(18)30(26,27)19-10-8-16(21)9-11-19/h8-11,17-18H,5-7,12-15H2,1-4H3/t17-,18+/m1/s1. The molecule has 0 spiro atoms. The number of benzene rings is 1. The molecule has 8 nitrogen and oxygen atoms in total. The molecule has 1 aromatic carbocycles. The SMILES string of the molecule is COC[C@H]1CCC[C@@H](COC(=O)N(C)CCN(C)C)N1S(=O)(=O)c1ccc(Cl)cc1. The number of methoxy groups -OCH3 is 1. The number of amides is 1. The Hall–Kier alpha value is -1.39. The molecule has 1 amide bonds. The molecule has 1 aliphatic heterocycles. The maximum absolute atomic E-state index is 13.4. The number of carbonyl (C=O) groups is 1. The summed E-state index contributed by atoms with van der Waals surface area (Å²) in [5.41, 5.74) is 0. The van der Waals surface area contributed by atoms with Crippen LogP contribution in [0.4, 0.5) is 4.79 Å². The van der Waals surface area contributed by atoms with Crippen molar-refractivity contribution in [3.8, 4) is 0 Å². The average Bonchev–Trinajstić information content (AvgIpc) is 2.70. The van der Waals surface area contributed by atoms with Crippen LogP contribution in [0.1, 0.15) is 19.3 Å². The minimum Gasteiger partial charge on any atom is -0.448 e. The molecule has 2 atom stereocenters. The summed E-state index contributed by atoms with van der Waals surface area (Å²) in [7, 11) is 3.27. The van der Waals surface area contributed by atoms with Gasteiger partial charge in [-0.05, 0) is 51.2 Å². The van der Waals surface area contributed by atoms with E-state index in [4.69, 9.17) is 21.1 Å². The van der Waals surface area contributed by atoms with Crippen LogP contribution in [-0.4, -0.2) is 95.3 Å². The third kappa shape index (κ3) is 6.55. The van der Waals surface area contributed by atoms with Crippen molar-refractivity contribution in [1.82, 2.24) is 14.1 Å². The smallest absolute Gasteiger partial charge is 0.409 e. The zero-order valence-corrected chi connectivity index (χ0v) is 19.7. The van der Waals surface area contributed by atoms with Gasteiger partial charge < -0.3 is 19.3 Å². The van der Waals surface area contributed by atoms with Crippen molar-refractivity contribution in [2.45, 2.75) is 36.2 Å². The molecule has 1 saturated heterocycles. The second-order valence-corrected chi connectivity index (χ2v) is 10.1. The minimum atomic E-state index is -3.81. The lowest BCUT2D eigenvalue weighted by atomic mass is 9.99. The van der Waals surface area contributed by atoms with Gasteiger partial charge in [0.2, 0.25) is 10.0 Å². The molecule has 30 heavy (non-hydrogen) atoms. The van der Waals surface area contributed by atoms with Crippen molar-refractivity contribution in [2.75, 3.05) is 54.6 Å². The zero-order chi connectivity index (χ0) is 22.3. The molecule has 0 aliphatic carbocycles. The number of piperidine rings is 1. The molecule has 0 aromatic heterocycles. The van der Waals surface area contributed by atoms with E-state index < -0.39 is 22.2 Å². The van der Waals surface area contributed by atoms with E-state index in [1.54, 1.807) is 26.3 Å². The Balaban J connectivity index is 2.17. The van der Waals surface area contributed by atoms with Crippen LogP contribution >= 0.6 is 11.6 Å². The Morgan fingerprint density at radius 2 is 1.70 bits per heavy atom. The van der Waals surface area contributed by atoms with E-state index in [9.17, 15) is 13.2 Å². The quantitative estimate of drug-likeness (QED) is 0.562. The highest BCUT2D eigenvalue weighted by Gasteiger charge is 2.40. The summed E-state index contributed by atoms with van der Waals surface area (Å²) >= 11 is 5.92. The van der Waals surface area contributed by atoms with Crippen LogP contribution in [0.15, 0.2) is 29.2 Å². The summed E-state index contributed by atoms with van der Waals surface area (Å²) in [6.07, 6.45) is 1.67. The van der Waals surface area contributed by atoms with Crippen molar-refractivity contribution in [3.63, 3.8) is 0 Å². The van der Waals surface area contributed by atoms with Gasteiger partial charge in [-0.1, -0.05) is 18.0 Å². The molecule has 10 heteroatoms. The molecule has 1 fully saturated rings. The Bertz CT molecular complexity index is 786. The molecule has 0 saturated carbocycles. The van der Waals surface area contributed by atoms with Crippen LogP contribution in [0.25, 0.3) is 0 Å². The first-order chi connectivity index (χ1) is 14.2. The molecule has 2 rings (SSSR count). The first kappa shape index (κ1) is 24.9. The van der Waals surface area contributed by atoms with Crippen LogP contribution in [0.3, 0.4) is 0 Å². The monoisotopic (exact) mass is 461 g/mol. The van der Waals surface area contributed by atoms with Gasteiger partial charge in [0.05, 0.1) is 17.5 Å². The van der Waals surface area contributed by atoms with Crippen molar-refractivity contribution in [2.24, 2.45) is 0 Å². The third-order valence-electron chi connectivity index (χ3n) is 5.14. The number of halogens is 1. The predicted molar refractivity (Wildman–Crippen MR) is 116 cm³/mol. The summed E-state index contributed by atoms with van der Waals surface area (Å²) in [5.74, 6) is 0. The van der Waals surface area contributed by atoms with Gasteiger partial charge >= 0.3 is 6.09 Å². The van der Waals surface area contributed by atoms with Gasteiger partial charge in [-0.2, -0.15) is 4.31 Å². The van der Waals surface area contributed by atoms with E-state index in [0.717, 1.165) is 6.42 Å². The number of hydrogen-bond acceptors (Lipinski definition) is 6. The van der Waals surface area contributed by atoms with E-state index in [2.05, 4.69) is 0 Å². The van der Waals surface area contributed by atoms with Crippen LogP contribution in [0.5, 0.6) is 0 Å². The lowest BCUT2D eigenvalue weighted by Gasteiger charge is -2.40. The fourth-order valence-corrected chi connectivity index (χ4v) is 5.45. The van der Waals surface area contributed by atoms with Gasteiger partial charge in [-0.15, -0.1) is 0 Å². The number of sulfonamides is 1. The maximum Gasteiger partial charge on any atom is 0.409 e. The Morgan fingerprint density at radius 3 is 2.27 bits per heavy atom. The van der Waals surface area contributed by atoms with Crippen LogP contribution < -0.4 is 0 Å². The van der Waals surface area contributed by atoms with Gasteiger partial charge in [0.1, 0.15) is 6.61 Å². The van der Waals surface area contributed by atoms with Gasteiger partial charge in [0, 0.05) is 38.3 Å². The van der Waals surface area contributed by atoms with Crippen molar-refractivity contribution in [3.05, 3.63) is 29.3 Å². The summed E-state index contributed by atoms with van der Waals surface area (Å²) < 4.78 is 39.1. The Kier molecular flexibility index (Phi) is 9.36. The van der Waals surface area contributed by atoms with Crippen molar-refractivity contribution >= 4 is 27.7 Å². The average molecular weight is 462 g/mol. The molecular formula is C20H32ClN3O5S. The number of ether oxygens (including phenoxy) is 2. The predicted octanol–water partition coefficient (Wildman–Crippen LogP) is 2.53. The van der Waals surface area contributed by atoms with Crippen LogP contribution in [0.2, 0.25) is 5.02 Å². The highest BCUT2D eigenvalue weighted by Crippen LogP contribution is 2.31. The lowest BCUT2D eigenvalue weighted by Crippen LogP contribution is -2.53. The fraction of sp³-hybridized carbons (Fsp3) is 0.650. The normalized spacial score (nSPS) is 20.3. The van der Waals surface area contributed by atoms with E-state index in [1.807, 2.05) is 19.0 Å². The van der Waals surface area contributed by atoms with Gasteiger partial charge in [-0.25, -0.2) is 13.2 Å². The molecular weight excluding hydrogens is 430 g/mol. The van der Waals surface area contributed by atoms with Gasteiger partial charge in [-0.3, -0.25) is 0 Å². The molecule has 170 valence electrons. The van der Waals surface area contributed by atoms with Crippen LogP contribution in [0, 0.1) is 0 Å². The highest BCUT2D eigenvalue weighted by atomic mass is 35.5. The number of hydrogen-bond donors (Lipinski definition) is 0. The molecule has 0 N–H and O–H groups in total. The van der Waals surface area contributed by atoms with Gasteiger partial charge in [0.25, 0.3) is 0 Å². The van der Waals surface area contributed by atoms with E-state index in [1.165, 1.54) is 21.3 Å². The summed E-state index contributed by atoms with van der Waals surface area (Å²) in [5, 5.41) is 0.465. The van der Waals surface area contributed by atoms with Crippen molar-refractivity contribution < 1.29 is 22.7 Å². The van der Waals surface area contributed by atoms with E-state index in [0.29, 0.717) is 31.0 Å². The number of rotatable bonds is 9. The van der Waals surface area contributed by atoms with Gasteiger partial charge in [0.15, 0.2) is 0 Å². The first-order valence-electron chi connectivity index (χ1n) is 9.97. The third-order valence-corrected chi connectivity index (χ3v) is 7.41. The second-order valence-electron chi connectivity index (χ2n) is 7.78. The molecule has 0 unspecified atom stereocenters. The number of nitrogens with zero attached hydrogens (tertiary/aromatic N) is 3. The summed E-state index contributed by atoms with van der Waals surface area (Å²) in [6, 6.07) is 5.32. The minimum absolute atomic E-state index is 0.00181. The highest BCUT2D eigenvalue weighted by molar-refractivity contribution is 7.89. The molecule has 1 aromatic rings. The maximum atomic E-state index is 13.4.